The summed E-state index contributed by atoms with van der Waals surface area (Å²) in [4.78, 5) is 2.38. The van der Waals surface area contributed by atoms with Crippen LogP contribution in [0.4, 0.5) is 0 Å². The van der Waals surface area contributed by atoms with Crippen molar-refractivity contribution in [2.24, 2.45) is 0 Å². The summed E-state index contributed by atoms with van der Waals surface area (Å²) in [6.07, 6.45) is 0. The highest BCUT2D eigenvalue weighted by molar-refractivity contribution is 7.80. The van der Waals surface area contributed by atoms with Crippen LogP contribution >= 0.6 is 23.8 Å². The summed E-state index contributed by atoms with van der Waals surface area (Å²) in [5, 5.41) is 7.97. The first-order valence-electron chi connectivity index (χ1n) is 7.25. The Morgan fingerprint density at radius 2 is 2.00 bits per heavy atom. The van der Waals surface area contributed by atoms with E-state index in [1.165, 1.54) is 0 Å². The summed E-state index contributed by atoms with van der Waals surface area (Å²) >= 11 is 11.2. The van der Waals surface area contributed by atoms with Gasteiger partial charge < -0.3 is 15.4 Å². The molecule has 116 valence electrons. The highest BCUT2D eigenvalue weighted by atomic mass is 35.5. The molecule has 2 rings (SSSR count). The molecule has 4 nitrogen and oxygen atoms in total. The van der Waals surface area contributed by atoms with Crippen LogP contribution in [-0.4, -0.2) is 49.4 Å². The van der Waals surface area contributed by atoms with Gasteiger partial charge in [0.15, 0.2) is 5.11 Å². The summed E-state index contributed by atoms with van der Waals surface area (Å²) in [7, 11) is 0. The Bertz CT molecular complexity index is 449. The number of nitrogens with zero attached hydrogens (tertiary/aromatic N) is 1. The second kappa shape index (κ2) is 8.54. The maximum Gasteiger partial charge on any atom is 0.166 e. The predicted octanol–water partition coefficient (Wildman–Crippen LogP) is 2.20. The van der Waals surface area contributed by atoms with Gasteiger partial charge in [-0.15, -0.1) is 0 Å². The lowest BCUT2D eigenvalue weighted by Gasteiger charge is -2.27. The summed E-state index contributed by atoms with van der Waals surface area (Å²) in [5.41, 5.74) is 1.16. The van der Waals surface area contributed by atoms with Crippen molar-refractivity contribution in [3.63, 3.8) is 0 Å². The van der Waals surface area contributed by atoms with E-state index in [1.54, 1.807) is 0 Å². The Morgan fingerprint density at radius 1 is 1.33 bits per heavy atom. The number of hydrogen-bond donors (Lipinski definition) is 2. The minimum Gasteiger partial charge on any atom is -0.379 e. The number of thiocarbonyl (C=S) groups is 1. The summed E-state index contributed by atoms with van der Waals surface area (Å²) < 4.78 is 5.33. The molecule has 21 heavy (non-hydrogen) atoms. The zero-order chi connectivity index (χ0) is 15.1. The van der Waals surface area contributed by atoms with Gasteiger partial charge in [0.1, 0.15) is 0 Å². The van der Waals surface area contributed by atoms with Crippen LogP contribution in [0.3, 0.4) is 0 Å². The highest BCUT2D eigenvalue weighted by Gasteiger charge is 2.10. The van der Waals surface area contributed by atoms with Crippen molar-refractivity contribution in [1.82, 2.24) is 15.5 Å². The average molecular weight is 328 g/mol. The van der Waals surface area contributed by atoms with Crippen molar-refractivity contribution < 1.29 is 4.74 Å². The van der Waals surface area contributed by atoms with E-state index in [0.717, 1.165) is 50.0 Å². The van der Waals surface area contributed by atoms with Gasteiger partial charge in [0.2, 0.25) is 0 Å². The molecule has 1 aliphatic rings. The molecule has 1 aromatic carbocycles. The fourth-order valence-electron chi connectivity index (χ4n) is 2.23. The van der Waals surface area contributed by atoms with Crippen LogP contribution in [0.1, 0.15) is 18.5 Å². The fraction of sp³-hybridized carbons (Fsp3) is 0.533. The van der Waals surface area contributed by atoms with E-state index in [4.69, 9.17) is 28.6 Å². The summed E-state index contributed by atoms with van der Waals surface area (Å²) in [6.45, 7) is 7.58. The lowest BCUT2D eigenvalue weighted by Crippen LogP contribution is -2.44. The van der Waals surface area contributed by atoms with Gasteiger partial charge in [-0.25, -0.2) is 0 Å². The van der Waals surface area contributed by atoms with Crippen LogP contribution in [0, 0.1) is 0 Å². The molecule has 1 atom stereocenters. The van der Waals surface area contributed by atoms with E-state index in [-0.39, 0.29) is 6.04 Å². The monoisotopic (exact) mass is 327 g/mol. The number of benzene rings is 1. The highest BCUT2D eigenvalue weighted by Crippen LogP contribution is 2.15. The Labute approximate surface area is 136 Å². The van der Waals surface area contributed by atoms with Gasteiger partial charge in [-0.1, -0.05) is 23.7 Å². The van der Waals surface area contributed by atoms with Gasteiger partial charge in [-0.05, 0) is 36.8 Å². The average Bonchev–Trinajstić information content (AvgIpc) is 2.49. The first kappa shape index (κ1) is 16.5. The number of nitrogens with one attached hydrogen (secondary N) is 2. The second-order valence-corrected chi connectivity index (χ2v) is 5.97. The van der Waals surface area contributed by atoms with Crippen LogP contribution in [0.5, 0.6) is 0 Å². The van der Waals surface area contributed by atoms with Crippen LogP contribution in [0.15, 0.2) is 24.3 Å². The molecular weight excluding hydrogens is 306 g/mol. The molecule has 0 amide bonds. The Morgan fingerprint density at radius 3 is 2.67 bits per heavy atom. The van der Waals surface area contributed by atoms with Crippen molar-refractivity contribution in [2.75, 3.05) is 39.4 Å². The Balaban J connectivity index is 1.67. The molecule has 2 N–H and O–H groups in total. The molecule has 1 aromatic rings. The third-order valence-electron chi connectivity index (χ3n) is 3.53. The summed E-state index contributed by atoms with van der Waals surface area (Å²) in [6, 6.07) is 7.96. The maximum atomic E-state index is 5.89. The van der Waals surface area contributed by atoms with Gasteiger partial charge in [-0.3, -0.25) is 4.90 Å². The van der Waals surface area contributed by atoms with Crippen molar-refractivity contribution in [1.29, 1.82) is 0 Å². The quantitative estimate of drug-likeness (QED) is 0.811. The number of morpholine rings is 1. The van der Waals surface area contributed by atoms with Gasteiger partial charge in [-0.2, -0.15) is 0 Å². The van der Waals surface area contributed by atoms with E-state index in [2.05, 4.69) is 22.5 Å². The molecule has 0 spiro atoms. The molecule has 1 heterocycles. The van der Waals surface area contributed by atoms with Crippen molar-refractivity contribution >= 4 is 28.9 Å². The predicted molar refractivity (Wildman–Crippen MR) is 90.9 cm³/mol. The van der Waals surface area contributed by atoms with Gasteiger partial charge >= 0.3 is 0 Å². The third-order valence-corrected chi connectivity index (χ3v) is 4.05. The Kier molecular flexibility index (Phi) is 6.70. The van der Waals surface area contributed by atoms with Gasteiger partial charge in [0.05, 0.1) is 19.3 Å². The molecule has 0 aliphatic carbocycles. The second-order valence-electron chi connectivity index (χ2n) is 5.13. The van der Waals surface area contributed by atoms with E-state index in [0.29, 0.717) is 5.11 Å². The molecule has 0 aromatic heterocycles. The number of hydrogen-bond acceptors (Lipinski definition) is 3. The topological polar surface area (TPSA) is 36.5 Å². The summed E-state index contributed by atoms with van der Waals surface area (Å²) in [5.74, 6) is 0. The smallest absolute Gasteiger partial charge is 0.166 e. The molecule has 0 saturated carbocycles. The molecule has 0 radical (unpaired) electrons. The molecule has 6 heteroatoms. The SMILES string of the molecule is C[C@H](NC(=S)NCCN1CCOCC1)c1ccc(Cl)cc1. The van der Waals surface area contributed by atoms with Crippen molar-refractivity contribution in [2.45, 2.75) is 13.0 Å². The number of halogens is 1. The van der Waals surface area contributed by atoms with Gasteiger partial charge in [0.25, 0.3) is 0 Å². The molecule has 1 aliphatic heterocycles. The Hall–Kier alpha value is -0.880. The van der Waals surface area contributed by atoms with Crippen LogP contribution in [-0.2, 0) is 4.74 Å². The van der Waals surface area contributed by atoms with Crippen LogP contribution in [0.2, 0.25) is 5.02 Å². The molecule has 0 bridgehead atoms. The first-order valence-corrected chi connectivity index (χ1v) is 8.03. The first-order chi connectivity index (χ1) is 10.1. The normalized spacial score (nSPS) is 17.2. The van der Waals surface area contributed by atoms with Crippen molar-refractivity contribution in [3.8, 4) is 0 Å². The number of ether oxygens (including phenoxy) is 1. The largest absolute Gasteiger partial charge is 0.379 e. The molecule has 1 fully saturated rings. The molecular formula is C15H22ClN3OS. The molecule has 0 unspecified atom stereocenters. The van der Waals surface area contributed by atoms with Gasteiger partial charge in [0, 0.05) is 31.2 Å². The lowest BCUT2D eigenvalue weighted by atomic mass is 10.1. The van der Waals surface area contributed by atoms with E-state index >= 15 is 0 Å². The van der Waals surface area contributed by atoms with E-state index in [1.807, 2.05) is 24.3 Å². The van der Waals surface area contributed by atoms with Crippen molar-refractivity contribution in [3.05, 3.63) is 34.9 Å². The lowest BCUT2D eigenvalue weighted by molar-refractivity contribution is 0.0389. The maximum absolute atomic E-state index is 5.89. The minimum absolute atomic E-state index is 0.158. The van der Waals surface area contributed by atoms with E-state index in [9.17, 15) is 0 Å². The zero-order valence-electron chi connectivity index (χ0n) is 12.3. The zero-order valence-corrected chi connectivity index (χ0v) is 13.8. The minimum atomic E-state index is 0.158. The van der Waals surface area contributed by atoms with Crippen LogP contribution in [0.25, 0.3) is 0 Å². The van der Waals surface area contributed by atoms with Crippen LogP contribution < -0.4 is 10.6 Å². The molecule has 1 saturated heterocycles. The third kappa shape index (κ3) is 5.79. The fourth-order valence-corrected chi connectivity index (χ4v) is 2.64. The van der Waals surface area contributed by atoms with E-state index < -0.39 is 0 Å². The standard InChI is InChI=1S/C15H22ClN3OS/c1-12(13-2-4-14(16)5-3-13)18-15(21)17-6-7-19-8-10-20-11-9-19/h2-5,12H,6-11H2,1H3,(H2,17,18,21)/t12-/m0/s1. The number of rotatable bonds is 5.